The topological polar surface area (TPSA) is 60.9 Å². The normalized spacial score (nSPS) is 18.3. The van der Waals surface area contributed by atoms with Gasteiger partial charge in [-0.05, 0) is 25.5 Å². The van der Waals surface area contributed by atoms with Crippen molar-refractivity contribution in [2.45, 2.75) is 18.2 Å². The summed E-state index contributed by atoms with van der Waals surface area (Å²) in [5, 5.41) is 8.82. The van der Waals surface area contributed by atoms with Crippen LogP contribution >= 0.6 is 0 Å². The lowest BCUT2D eigenvalue weighted by Gasteiger charge is -2.33. The third kappa shape index (κ3) is 3.58. The van der Waals surface area contributed by atoms with E-state index in [9.17, 15) is 8.42 Å². The lowest BCUT2D eigenvalue weighted by molar-refractivity contribution is 0.171. The van der Waals surface area contributed by atoms with E-state index in [2.05, 4.69) is 4.90 Å². The first-order chi connectivity index (χ1) is 9.54. The average Bonchev–Trinajstić information content (AvgIpc) is 2.46. The molecular formula is C14H22N2O3S. The van der Waals surface area contributed by atoms with Crippen LogP contribution in [0.1, 0.15) is 12.0 Å². The average molecular weight is 298 g/mol. The second kappa shape index (κ2) is 6.67. The maximum absolute atomic E-state index is 12.5. The van der Waals surface area contributed by atoms with E-state index in [1.165, 1.54) is 0 Å². The highest BCUT2D eigenvalue weighted by Crippen LogP contribution is 2.18. The molecule has 2 rings (SSSR count). The second-order valence-corrected chi connectivity index (χ2v) is 7.07. The lowest BCUT2D eigenvalue weighted by Crippen LogP contribution is -2.48. The minimum atomic E-state index is -3.37. The predicted molar refractivity (Wildman–Crippen MR) is 78.1 cm³/mol. The molecule has 1 aromatic rings. The first-order valence-electron chi connectivity index (χ1n) is 6.94. The Bertz CT molecular complexity index is 520. The molecule has 0 radical (unpaired) electrons. The molecule has 1 aliphatic rings. The molecule has 6 heteroatoms. The molecule has 1 saturated heterocycles. The van der Waals surface area contributed by atoms with Crippen molar-refractivity contribution in [3.8, 4) is 0 Å². The van der Waals surface area contributed by atoms with Gasteiger partial charge in [-0.25, -0.2) is 8.42 Å². The molecule has 20 heavy (non-hydrogen) atoms. The van der Waals surface area contributed by atoms with E-state index in [-0.39, 0.29) is 6.61 Å². The van der Waals surface area contributed by atoms with Gasteiger partial charge in [-0.15, -0.1) is 0 Å². The summed E-state index contributed by atoms with van der Waals surface area (Å²) in [4.78, 5) is 2.56. The Balaban J connectivity index is 2.00. The first-order valence-corrected chi connectivity index (χ1v) is 8.38. The lowest BCUT2D eigenvalue weighted by atomic mass is 10.2. The third-order valence-corrected chi connectivity index (χ3v) is 5.54. The summed E-state index contributed by atoms with van der Waals surface area (Å²) < 4.78 is 26.5. The van der Waals surface area contributed by atoms with Gasteiger partial charge in [0.25, 0.3) is 0 Å². The molecule has 0 saturated carbocycles. The molecule has 1 N–H and O–H groups in total. The first kappa shape index (κ1) is 15.4. The van der Waals surface area contributed by atoms with Crippen molar-refractivity contribution in [1.29, 1.82) is 0 Å². The fraction of sp³-hybridized carbons (Fsp3) is 0.571. The minimum Gasteiger partial charge on any atom is -0.396 e. The number of hydrogen-bond donors (Lipinski definition) is 1. The van der Waals surface area contributed by atoms with E-state index in [1.807, 2.05) is 19.1 Å². The molecule has 0 amide bonds. The number of benzene rings is 1. The van der Waals surface area contributed by atoms with Gasteiger partial charge in [0.05, 0.1) is 4.90 Å². The Hall–Kier alpha value is -0.950. The zero-order valence-electron chi connectivity index (χ0n) is 11.8. The maximum atomic E-state index is 12.5. The Labute approximate surface area is 120 Å². The highest BCUT2D eigenvalue weighted by Gasteiger charge is 2.27. The van der Waals surface area contributed by atoms with Crippen LogP contribution in [-0.4, -0.2) is 62.1 Å². The number of rotatable bonds is 5. The van der Waals surface area contributed by atoms with Crippen molar-refractivity contribution in [3.05, 3.63) is 29.8 Å². The summed E-state index contributed by atoms with van der Waals surface area (Å²) in [6.45, 7) is 5.44. The minimum absolute atomic E-state index is 0.182. The van der Waals surface area contributed by atoms with Crippen LogP contribution in [0.15, 0.2) is 29.2 Å². The van der Waals surface area contributed by atoms with Crippen LogP contribution in [0, 0.1) is 6.92 Å². The van der Waals surface area contributed by atoms with Crippen LogP contribution < -0.4 is 0 Å². The van der Waals surface area contributed by atoms with Gasteiger partial charge in [0.2, 0.25) is 10.0 Å². The van der Waals surface area contributed by atoms with Crippen LogP contribution in [0.3, 0.4) is 0 Å². The molecule has 1 fully saturated rings. The number of aliphatic hydroxyl groups is 1. The maximum Gasteiger partial charge on any atom is 0.243 e. The van der Waals surface area contributed by atoms with Crippen LogP contribution in [0.25, 0.3) is 0 Å². The molecule has 0 unspecified atom stereocenters. The monoisotopic (exact) mass is 298 g/mol. The van der Waals surface area contributed by atoms with Crippen molar-refractivity contribution >= 4 is 10.0 Å². The van der Waals surface area contributed by atoms with Crippen molar-refractivity contribution in [1.82, 2.24) is 9.21 Å². The number of hydrogen-bond acceptors (Lipinski definition) is 4. The standard InChI is InChI=1S/C14H22N2O3S/c1-13-3-5-14(6-4-13)20(18,19)16-10-8-15(9-11-16)7-2-12-17/h3-6,17H,2,7-12H2,1H3. The highest BCUT2D eigenvalue weighted by atomic mass is 32.2. The van der Waals surface area contributed by atoms with E-state index < -0.39 is 10.0 Å². The van der Waals surface area contributed by atoms with Gasteiger partial charge in [-0.2, -0.15) is 4.31 Å². The third-order valence-electron chi connectivity index (χ3n) is 3.62. The van der Waals surface area contributed by atoms with Gasteiger partial charge in [0.15, 0.2) is 0 Å². The van der Waals surface area contributed by atoms with Gasteiger partial charge < -0.3 is 10.0 Å². The van der Waals surface area contributed by atoms with Gasteiger partial charge in [-0.1, -0.05) is 17.7 Å². The van der Waals surface area contributed by atoms with E-state index in [0.717, 1.165) is 31.6 Å². The van der Waals surface area contributed by atoms with Crippen molar-refractivity contribution < 1.29 is 13.5 Å². The number of piperazine rings is 1. The van der Waals surface area contributed by atoms with Gasteiger partial charge >= 0.3 is 0 Å². The summed E-state index contributed by atoms with van der Waals surface area (Å²) in [5.74, 6) is 0. The summed E-state index contributed by atoms with van der Waals surface area (Å²) >= 11 is 0. The molecule has 0 atom stereocenters. The molecule has 0 spiro atoms. The van der Waals surface area contributed by atoms with Crippen LogP contribution in [0.5, 0.6) is 0 Å². The van der Waals surface area contributed by atoms with Gasteiger partial charge in [0.1, 0.15) is 0 Å². The van der Waals surface area contributed by atoms with Crippen molar-refractivity contribution in [3.63, 3.8) is 0 Å². The fourth-order valence-corrected chi connectivity index (χ4v) is 3.77. The highest BCUT2D eigenvalue weighted by molar-refractivity contribution is 7.89. The molecule has 1 aliphatic heterocycles. The molecular weight excluding hydrogens is 276 g/mol. The van der Waals surface area contributed by atoms with E-state index in [1.54, 1.807) is 16.4 Å². The van der Waals surface area contributed by atoms with Crippen molar-refractivity contribution in [2.75, 3.05) is 39.3 Å². The Morgan fingerprint density at radius 1 is 1.10 bits per heavy atom. The second-order valence-electron chi connectivity index (χ2n) is 5.14. The van der Waals surface area contributed by atoms with Crippen LogP contribution in [0.2, 0.25) is 0 Å². The van der Waals surface area contributed by atoms with Gasteiger partial charge in [0, 0.05) is 39.3 Å². The summed E-state index contributed by atoms with van der Waals surface area (Å²) in [5.41, 5.74) is 1.05. The van der Waals surface area contributed by atoms with E-state index >= 15 is 0 Å². The Kier molecular flexibility index (Phi) is 5.15. The zero-order valence-corrected chi connectivity index (χ0v) is 12.6. The van der Waals surface area contributed by atoms with E-state index in [0.29, 0.717) is 18.0 Å². The number of sulfonamides is 1. The SMILES string of the molecule is Cc1ccc(S(=O)(=O)N2CCN(CCCO)CC2)cc1. The number of aliphatic hydroxyl groups excluding tert-OH is 1. The summed E-state index contributed by atoms with van der Waals surface area (Å²) in [6, 6.07) is 6.99. The molecule has 5 nitrogen and oxygen atoms in total. The van der Waals surface area contributed by atoms with Crippen molar-refractivity contribution in [2.24, 2.45) is 0 Å². The fourth-order valence-electron chi connectivity index (χ4n) is 2.35. The van der Waals surface area contributed by atoms with E-state index in [4.69, 9.17) is 5.11 Å². The molecule has 0 aliphatic carbocycles. The predicted octanol–water partition coefficient (Wildman–Crippen LogP) is 0.684. The quantitative estimate of drug-likeness (QED) is 0.868. The summed E-state index contributed by atoms with van der Waals surface area (Å²) in [7, 11) is -3.37. The molecule has 0 aromatic heterocycles. The van der Waals surface area contributed by atoms with Crippen LogP contribution in [-0.2, 0) is 10.0 Å². The molecule has 1 heterocycles. The van der Waals surface area contributed by atoms with Crippen LogP contribution in [0.4, 0.5) is 0 Å². The number of nitrogens with zero attached hydrogens (tertiary/aromatic N) is 2. The largest absolute Gasteiger partial charge is 0.396 e. The molecule has 0 bridgehead atoms. The van der Waals surface area contributed by atoms with Gasteiger partial charge in [-0.3, -0.25) is 0 Å². The summed E-state index contributed by atoms with van der Waals surface area (Å²) in [6.07, 6.45) is 0.741. The Morgan fingerprint density at radius 2 is 1.70 bits per heavy atom. The zero-order chi connectivity index (χ0) is 14.6. The number of aryl methyl sites for hydroxylation is 1. The smallest absolute Gasteiger partial charge is 0.243 e. The molecule has 112 valence electrons. The molecule has 1 aromatic carbocycles. The Morgan fingerprint density at radius 3 is 2.25 bits per heavy atom.